The van der Waals surface area contributed by atoms with Crippen LogP contribution in [0.1, 0.15) is 84.5 Å². The Balaban J connectivity index is 1.86. The highest BCUT2D eigenvalue weighted by Crippen LogP contribution is 2.43. The van der Waals surface area contributed by atoms with Crippen LogP contribution in [-0.2, 0) is 0 Å². The van der Waals surface area contributed by atoms with Gasteiger partial charge in [-0.1, -0.05) is 71.6 Å². The molecule has 0 saturated heterocycles. The molecule has 0 radical (unpaired) electrons. The quantitative estimate of drug-likeness (QED) is 0.578. The highest BCUT2D eigenvalue weighted by molar-refractivity contribution is 4.83. The maximum atomic E-state index is 2.39. The van der Waals surface area contributed by atoms with Crippen molar-refractivity contribution in [1.29, 1.82) is 0 Å². The summed E-state index contributed by atoms with van der Waals surface area (Å²) < 4.78 is 0. The van der Waals surface area contributed by atoms with Crippen molar-refractivity contribution < 1.29 is 0 Å². The van der Waals surface area contributed by atoms with Crippen molar-refractivity contribution in [3.05, 3.63) is 0 Å². The van der Waals surface area contributed by atoms with Gasteiger partial charge >= 0.3 is 0 Å². The van der Waals surface area contributed by atoms with Crippen molar-refractivity contribution in [2.45, 2.75) is 84.5 Å². The van der Waals surface area contributed by atoms with Gasteiger partial charge in [0, 0.05) is 0 Å². The SMILES string of the molecule is CC(C)CCC1CCCCC1C1CCCCC1. The molecule has 0 amide bonds. The van der Waals surface area contributed by atoms with E-state index in [9.17, 15) is 0 Å². The lowest BCUT2D eigenvalue weighted by Gasteiger charge is -2.39. The molecule has 2 atom stereocenters. The molecule has 2 saturated carbocycles. The first kappa shape index (κ1) is 13.4. The predicted octanol–water partition coefficient (Wildman–Crippen LogP) is 5.81. The monoisotopic (exact) mass is 236 g/mol. The first-order valence-corrected chi connectivity index (χ1v) is 8.27. The minimum Gasteiger partial charge on any atom is -0.0628 e. The Morgan fingerprint density at radius 1 is 0.824 bits per heavy atom. The van der Waals surface area contributed by atoms with Gasteiger partial charge in [-0.3, -0.25) is 0 Å². The van der Waals surface area contributed by atoms with Crippen LogP contribution < -0.4 is 0 Å². The van der Waals surface area contributed by atoms with E-state index in [1.54, 1.807) is 25.7 Å². The lowest BCUT2D eigenvalue weighted by Crippen LogP contribution is -2.28. The Morgan fingerprint density at radius 2 is 1.47 bits per heavy atom. The van der Waals surface area contributed by atoms with Gasteiger partial charge in [0.15, 0.2) is 0 Å². The lowest BCUT2D eigenvalue weighted by molar-refractivity contribution is 0.118. The molecule has 17 heavy (non-hydrogen) atoms. The van der Waals surface area contributed by atoms with Crippen molar-refractivity contribution in [1.82, 2.24) is 0 Å². The second-order valence-electron chi connectivity index (χ2n) is 7.08. The lowest BCUT2D eigenvalue weighted by atomic mass is 9.66. The van der Waals surface area contributed by atoms with Gasteiger partial charge in [0.05, 0.1) is 0 Å². The molecule has 0 heterocycles. The summed E-state index contributed by atoms with van der Waals surface area (Å²) in [5.74, 6) is 4.22. The zero-order chi connectivity index (χ0) is 12.1. The molecule has 2 fully saturated rings. The van der Waals surface area contributed by atoms with Gasteiger partial charge < -0.3 is 0 Å². The average Bonchev–Trinajstić information content (AvgIpc) is 2.38. The van der Waals surface area contributed by atoms with Crippen molar-refractivity contribution >= 4 is 0 Å². The van der Waals surface area contributed by atoms with Gasteiger partial charge in [0.2, 0.25) is 0 Å². The third-order valence-corrected chi connectivity index (χ3v) is 5.34. The molecule has 0 aliphatic heterocycles. The molecule has 0 aromatic heterocycles. The van der Waals surface area contributed by atoms with Gasteiger partial charge in [-0.05, 0) is 36.5 Å². The van der Waals surface area contributed by atoms with Crippen LogP contribution >= 0.6 is 0 Å². The third-order valence-electron chi connectivity index (χ3n) is 5.34. The van der Waals surface area contributed by atoms with Gasteiger partial charge in [0.25, 0.3) is 0 Å². The zero-order valence-electron chi connectivity index (χ0n) is 12.1. The number of hydrogen-bond donors (Lipinski definition) is 0. The summed E-state index contributed by atoms with van der Waals surface area (Å²) >= 11 is 0. The average molecular weight is 236 g/mol. The van der Waals surface area contributed by atoms with Crippen LogP contribution in [0, 0.1) is 23.7 Å². The fourth-order valence-corrected chi connectivity index (χ4v) is 4.33. The van der Waals surface area contributed by atoms with E-state index in [2.05, 4.69) is 13.8 Å². The summed E-state index contributed by atoms with van der Waals surface area (Å²) in [4.78, 5) is 0. The van der Waals surface area contributed by atoms with E-state index in [0.717, 1.165) is 23.7 Å². The minimum absolute atomic E-state index is 0.906. The Morgan fingerprint density at radius 3 is 2.18 bits per heavy atom. The molecule has 0 aromatic rings. The van der Waals surface area contributed by atoms with Crippen molar-refractivity contribution in [3.63, 3.8) is 0 Å². The molecule has 0 spiro atoms. The van der Waals surface area contributed by atoms with E-state index in [4.69, 9.17) is 0 Å². The molecule has 2 aliphatic rings. The Bertz CT molecular complexity index is 200. The Hall–Kier alpha value is 0. The number of hydrogen-bond acceptors (Lipinski definition) is 0. The Labute approximate surface area is 109 Å². The standard InChI is InChI=1S/C17H32/c1-14(2)12-13-16-10-6-7-11-17(16)15-8-4-3-5-9-15/h14-17H,3-13H2,1-2H3. The molecular formula is C17H32. The Kier molecular flexibility index (Phi) is 5.38. The maximum Gasteiger partial charge on any atom is -0.0357 e. The van der Waals surface area contributed by atoms with Gasteiger partial charge in [-0.2, -0.15) is 0 Å². The van der Waals surface area contributed by atoms with Crippen LogP contribution in [0.2, 0.25) is 0 Å². The molecule has 0 aromatic carbocycles. The van der Waals surface area contributed by atoms with Gasteiger partial charge in [0.1, 0.15) is 0 Å². The van der Waals surface area contributed by atoms with Crippen LogP contribution in [0.5, 0.6) is 0 Å². The van der Waals surface area contributed by atoms with Crippen molar-refractivity contribution in [3.8, 4) is 0 Å². The van der Waals surface area contributed by atoms with Crippen LogP contribution in [0.25, 0.3) is 0 Å². The summed E-state index contributed by atoms with van der Waals surface area (Å²) in [5.41, 5.74) is 0. The van der Waals surface area contributed by atoms with Gasteiger partial charge in [-0.15, -0.1) is 0 Å². The minimum atomic E-state index is 0.906. The second-order valence-corrected chi connectivity index (χ2v) is 7.08. The molecule has 0 N–H and O–H groups in total. The first-order valence-electron chi connectivity index (χ1n) is 8.27. The summed E-state index contributed by atoms with van der Waals surface area (Å²) in [6, 6.07) is 0. The molecule has 2 aliphatic carbocycles. The summed E-state index contributed by atoms with van der Waals surface area (Å²) in [5, 5.41) is 0. The van der Waals surface area contributed by atoms with E-state index < -0.39 is 0 Å². The normalized spacial score (nSPS) is 31.9. The maximum absolute atomic E-state index is 2.39. The third kappa shape index (κ3) is 4.00. The van der Waals surface area contributed by atoms with Gasteiger partial charge in [-0.25, -0.2) is 0 Å². The van der Waals surface area contributed by atoms with Crippen molar-refractivity contribution in [2.75, 3.05) is 0 Å². The summed E-state index contributed by atoms with van der Waals surface area (Å²) in [7, 11) is 0. The molecular weight excluding hydrogens is 204 g/mol. The van der Waals surface area contributed by atoms with Crippen LogP contribution in [0.15, 0.2) is 0 Å². The van der Waals surface area contributed by atoms with E-state index in [-0.39, 0.29) is 0 Å². The van der Waals surface area contributed by atoms with E-state index in [1.807, 2.05) is 0 Å². The van der Waals surface area contributed by atoms with E-state index in [1.165, 1.54) is 44.9 Å². The fraction of sp³-hybridized carbons (Fsp3) is 1.00. The molecule has 0 bridgehead atoms. The topological polar surface area (TPSA) is 0 Å². The smallest absolute Gasteiger partial charge is 0.0357 e. The first-order chi connectivity index (χ1) is 8.27. The second kappa shape index (κ2) is 6.81. The molecule has 100 valence electrons. The molecule has 2 rings (SSSR count). The molecule has 0 nitrogen and oxygen atoms in total. The van der Waals surface area contributed by atoms with E-state index in [0.29, 0.717) is 0 Å². The summed E-state index contributed by atoms with van der Waals surface area (Å²) in [6.45, 7) is 4.77. The van der Waals surface area contributed by atoms with Crippen molar-refractivity contribution in [2.24, 2.45) is 23.7 Å². The highest BCUT2D eigenvalue weighted by atomic mass is 14.4. The van der Waals surface area contributed by atoms with E-state index >= 15 is 0 Å². The largest absolute Gasteiger partial charge is 0.0628 e. The zero-order valence-corrected chi connectivity index (χ0v) is 12.1. The highest BCUT2D eigenvalue weighted by Gasteiger charge is 2.31. The molecule has 2 unspecified atom stereocenters. The van der Waals surface area contributed by atoms with Crippen LogP contribution in [-0.4, -0.2) is 0 Å². The number of rotatable bonds is 4. The summed E-state index contributed by atoms with van der Waals surface area (Å²) in [6.07, 6.45) is 16.8. The van der Waals surface area contributed by atoms with Crippen LogP contribution in [0.4, 0.5) is 0 Å². The fourth-order valence-electron chi connectivity index (χ4n) is 4.33. The van der Waals surface area contributed by atoms with Crippen LogP contribution in [0.3, 0.4) is 0 Å². The predicted molar refractivity (Wildman–Crippen MR) is 76.1 cm³/mol. The molecule has 0 heteroatoms.